The van der Waals surface area contributed by atoms with E-state index >= 15 is 0 Å². The maximum atomic E-state index is 14.0. The molecule has 134 valence electrons. The van der Waals surface area contributed by atoms with Crippen molar-refractivity contribution < 1.29 is 18.0 Å². The van der Waals surface area contributed by atoms with Gasteiger partial charge in [-0.05, 0) is 17.7 Å². The maximum absolute atomic E-state index is 14.0. The normalized spacial score (nSPS) is 9.85. The van der Waals surface area contributed by atoms with Gasteiger partial charge in [-0.2, -0.15) is 0 Å². The lowest BCUT2D eigenvalue weighted by atomic mass is 10.0. The van der Waals surface area contributed by atoms with Crippen LogP contribution in [0.25, 0.3) is 11.1 Å². The van der Waals surface area contributed by atoms with E-state index in [0.717, 1.165) is 0 Å². The van der Waals surface area contributed by atoms with Crippen LogP contribution in [0.5, 0.6) is 0 Å². The van der Waals surface area contributed by atoms with Crippen LogP contribution < -0.4 is 5.32 Å². The lowest BCUT2D eigenvalue weighted by Gasteiger charge is -2.08. The van der Waals surface area contributed by atoms with Crippen LogP contribution in [0.4, 0.5) is 13.2 Å². The van der Waals surface area contributed by atoms with Crippen molar-refractivity contribution in [2.24, 2.45) is 0 Å². The summed E-state index contributed by atoms with van der Waals surface area (Å²) in [7, 11) is 1.45. The first-order valence-corrected chi connectivity index (χ1v) is 7.96. The summed E-state index contributed by atoms with van der Waals surface area (Å²) in [5.41, 5.74) is 0.848. The van der Waals surface area contributed by atoms with E-state index in [2.05, 4.69) is 5.32 Å². The van der Waals surface area contributed by atoms with Crippen molar-refractivity contribution in [3.8, 4) is 11.1 Å². The number of benzene rings is 3. The van der Waals surface area contributed by atoms with E-state index in [0.29, 0.717) is 5.56 Å². The van der Waals surface area contributed by atoms with Gasteiger partial charge in [-0.25, -0.2) is 13.2 Å². The summed E-state index contributed by atoms with van der Waals surface area (Å²) in [4.78, 5) is 11.2. The van der Waals surface area contributed by atoms with Crippen molar-refractivity contribution in [1.29, 1.82) is 0 Å². The smallest absolute Gasteiger partial charge is 0.224 e. The fourth-order valence-electron chi connectivity index (χ4n) is 2.24. The van der Waals surface area contributed by atoms with Gasteiger partial charge in [-0.1, -0.05) is 60.7 Å². The van der Waals surface area contributed by atoms with E-state index in [9.17, 15) is 18.0 Å². The summed E-state index contributed by atoms with van der Waals surface area (Å²) < 4.78 is 39.8. The molecule has 1 amide bonds. The third kappa shape index (κ3) is 5.21. The number of carbonyl (C=O) groups excluding carboxylic acids is 1. The summed E-state index contributed by atoms with van der Waals surface area (Å²) in [6.45, 7) is 0. The lowest BCUT2D eigenvalue weighted by Crippen LogP contribution is -2.20. The molecule has 0 spiro atoms. The van der Waals surface area contributed by atoms with Crippen molar-refractivity contribution in [1.82, 2.24) is 5.32 Å². The summed E-state index contributed by atoms with van der Waals surface area (Å²) in [6.07, 6.45) is -0.172. The quantitative estimate of drug-likeness (QED) is 0.720. The maximum Gasteiger partial charge on any atom is 0.224 e. The van der Waals surface area contributed by atoms with Gasteiger partial charge in [-0.3, -0.25) is 4.79 Å². The van der Waals surface area contributed by atoms with E-state index in [1.807, 2.05) is 0 Å². The minimum atomic E-state index is -0.968. The Morgan fingerprint density at radius 3 is 1.88 bits per heavy atom. The molecular weight excluding hydrogens is 339 g/mol. The van der Waals surface area contributed by atoms with Crippen LogP contribution in [0.15, 0.2) is 72.8 Å². The molecule has 3 aromatic carbocycles. The van der Waals surface area contributed by atoms with Gasteiger partial charge in [-0.15, -0.1) is 0 Å². The van der Waals surface area contributed by atoms with E-state index in [4.69, 9.17) is 0 Å². The zero-order valence-corrected chi connectivity index (χ0v) is 14.2. The Morgan fingerprint density at radius 2 is 1.38 bits per heavy atom. The number of nitrogens with one attached hydrogen (secondary N) is 1. The lowest BCUT2D eigenvalue weighted by molar-refractivity contribution is -0.120. The number of hydrogen-bond donors (Lipinski definition) is 1. The molecule has 0 bridgehead atoms. The summed E-state index contributed by atoms with van der Waals surface area (Å²) in [5.74, 6) is -2.43. The molecule has 1 N–H and O–H groups in total. The molecule has 0 aliphatic heterocycles. The van der Waals surface area contributed by atoms with Crippen molar-refractivity contribution >= 4 is 5.91 Å². The van der Waals surface area contributed by atoms with Gasteiger partial charge in [0, 0.05) is 18.2 Å². The molecule has 26 heavy (non-hydrogen) atoms. The Hall–Kier alpha value is -3.08. The molecule has 5 heteroatoms. The molecular formula is C21H18F3NO. The zero-order chi connectivity index (χ0) is 18.9. The largest absolute Gasteiger partial charge is 0.359 e. The van der Waals surface area contributed by atoms with Gasteiger partial charge >= 0.3 is 0 Å². The highest BCUT2D eigenvalue weighted by Crippen LogP contribution is 2.26. The Labute approximate surface area is 150 Å². The molecule has 3 aromatic rings. The summed E-state index contributed by atoms with van der Waals surface area (Å²) in [6, 6.07) is 19.6. The highest BCUT2D eigenvalue weighted by Gasteiger charge is 2.16. The second-order valence-corrected chi connectivity index (χ2v) is 5.41. The molecule has 2 nitrogen and oxygen atoms in total. The fourth-order valence-corrected chi connectivity index (χ4v) is 2.24. The predicted octanol–water partition coefficient (Wildman–Crippen LogP) is 4.75. The SMILES string of the molecule is CNC(=O)Cc1ccc(-c2ccccc2)c(F)c1F.Fc1ccccc1. The molecule has 0 unspecified atom stereocenters. The van der Waals surface area contributed by atoms with Crippen LogP contribution in [0.3, 0.4) is 0 Å². The number of halogens is 3. The minimum Gasteiger partial charge on any atom is -0.359 e. The third-order valence-electron chi connectivity index (χ3n) is 3.61. The summed E-state index contributed by atoms with van der Waals surface area (Å²) >= 11 is 0. The second-order valence-electron chi connectivity index (χ2n) is 5.41. The van der Waals surface area contributed by atoms with Gasteiger partial charge in [0.1, 0.15) is 5.82 Å². The average molecular weight is 357 g/mol. The monoisotopic (exact) mass is 357 g/mol. The van der Waals surface area contributed by atoms with E-state index in [1.54, 1.807) is 48.5 Å². The standard InChI is InChI=1S/C15H13F2NO.C6H5F/c1-18-13(19)9-11-7-8-12(15(17)14(11)16)10-5-3-2-4-6-10;7-6-4-2-1-3-5-6/h2-8H,9H2,1H3,(H,18,19);1-5H. The van der Waals surface area contributed by atoms with Gasteiger partial charge in [0.25, 0.3) is 0 Å². The molecule has 0 saturated carbocycles. The molecule has 0 aliphatic rings. The van der Waals surface area contributed by atoms with Gasteiger partial charge in [0.2, 0.25) is 5.91 Å². The molecule has 0 saturated heterocycles. The first kappa shape index (κ1) is 19.2. The zero-order valence-electron chi connectivity index (χ0n) is 14.2. The topological polar surface area (TPSA) is 29.1 Å². The molecule has 0 fully saturated rings. The second kappa shape index (κ2) is 9.42. The molecule has 0 atom stereocenters. The van der Waals surface area contributed by atoms with Gasteiger partial charge in [0.05, 0.1) is 6.42 Å². The summed E-state index contributed by atoms with van der Waals surface area (Å²) in [5, 5.41) is 2.38. The fraction of sp³-hybridized carbons (Fsp3) is 0.0952. The van der Waals surface area contributed by atoms with Gasteiger partial charge in [0.15, 0.2) is 11.6 Å². The number of hydrogen-bond acceptors (Lipinski definition) is 1. The van der Waals surface area contributed by atoms with Crippen LogP contribution in [-0.4, -0.2) is 13.0 Å². The molecule has 3 rings (SSSR count). The van der Waals surface area contributed by atoms with Crippen molar-refractivity contribution in [2.45, 2.75) is 6.42 Å². The van der Waals surface area contributed by atoms with Crippen LogP contribution in [-0.2, 0) is 11.2 Å². The molecule has 0 aliphatic carbocycles. The van der Waals surface area contributed by atoms with Crippen LogP contribution in [0.1, 0.15) is 5.56 Å². The number of amides is 1. The Bertz CT molecular complexity index is 852. The molecule has 0 aromatic heterocycles. The predicted molar refractivity (Wildman–Crippen MR) is 96.0 cm³/mol. The average Bonchev–Trinajstić information content (AvgIpc) is 2.67. The van der Waals surface area contributed by atoms with Crippen LogP contribution >= 0.6 is 0 Å². The van der Waals surface area contributed by atoms with Gasteiger partial charge < -0.3 is 5.32 Å². The number of carbonyl (C=O) groups is 1. The van der Waals surface area contributed by atoms with Crippen molar-refractivity contribution in [2.75, 3.05) is 7.05 Å². The minimum absolute atomic E-state index is 0.0523. The Balaban J connectivity index is 0.000000290. The van der Waals surface area contributed by atoms with E-state index in [-0.39, 0.29) is 29.3 Å². The Morgan fingerprint density at radius 1 is 0.808 bits per heavy atom. The van der Waals surface area contributed by atoms with E-state index in [1.165, 1.54) is 31.3 Å². The number of rotatable bonds is 3. The number of likely N-dealkylation sites (N-methyl/N-ethyl adjacent to an activating group) is 1. The van der Waals surface area contributed by atoms with E-state index < -0.39 is 11.6 Å². The first-order chi connectivity index (χ1) is 12.5. The Kier molecular flexibility index (Phi) is 6.97. The third-order valence-corrected chi connectivity index (χ3v) is 3.61. The van der Waals surface area contributed by atoms with Crippen LogP contribution in [0.2, 0.25) is 0 Å². The van der Waals surface area contributed by atoms with Crippen molar-refractivity contribution in [3.63, 3.8) is 0 Å². The highest BCUT2D eigenvalue weighted by molar-refractivity contribution is 5.78. The van der Waals surface area contributed by atoms with Crippen LogP contribution in [0, 0.1) is 17.5 Å². The first-order valence-electron chi connectivity index (χ1n) is 7.96. The van der Waals surface area contributed by atoms with Crippen molar-refractivity contribution in [3.05, 3.63) is 95.8 Å². The molecule has 0 heterocycles. The molecule has 0 radical (unpaired) electrons. The highest BCUT2D eigenvalue weighted by atomic mass is 19.2.